The summed E-state index contributed by atoms with van der Waals surface area (Å²) in [4.78, 5) is 22.1. The van der Waals surface area contributed by atoms with Crippen LogP contribution in [0.2, 0.25) is 0 Å². The van der Waals surface area contributed by atoms with Gasteiger partial charge in [-0.25, -0.2) is 0 Å². The summed E-state index contributed by atoms with van der Waals surface area (Å²) in [5.41, 5.74) is -0.554. The molecule has 0 aromatic rings. The van der Waals surface area contributed by atoms with Crippen molar-refractivity contribution < 1.29 is 14.3 Å². The minimum atomic E-state index is -0.554. The van der Waals surface area contributed by atoms with Gasteiger partial charge in [-0.15, -0.1) is 0 Å². The van der Waals surface area contributed by atoms with Crippen molar-refractivity contribution in [1.29, 1.82) is 0 Å². The second-order valence-corrected chi connectivity index (χ2v) is 4.43. The Morgan fingerprint density at radius 3 is 2.46 bits per heavy atom. The van der Waals surface area contributed by atoms with Crippen molar-refractivity contribution in [3.8, 4) is 0 Å². The van der Waals surface area contributed by atoms with E-state index in [1.165, 1.54) is 0 Å². The molecule has 1 aliphatic rings. The summed E-state index contributed by atoms with van der Waals surface area (Å²) in [7, 11) is 0. The maximum atomic E-state index is 11.3. The molecule has 1 atom stereocenters. The van der Waals surface area contributed by atoms with Crippen LogP contribution in [0.4, 0.5) is 0 Å². The minimum absolute atomic E-state index is 0.249. The number of hydrogen-bond acceptors (Lipinski definition) is 3. The van der Waals surface area contributed by atoms with Gasteiger partial charge in [-0.1, -0.05) is 13.8 Å². The Kier molecular flexibility index (Phi) is 2.74. The summed E-state index contributed by atoms with van der Waals surface area (Å²) in [6, 6.07) is 0. The summed E-state index contributed by atoms with van der Waals surface area (Å²) in [6.07, 6.45) is 1.95. The standard InChI is InChI=1S/C10H16O3/c1-7(2)4-5-10(3)6-8(11)13-9(10)12/h7H,4-6H2,1-3H3. The van der Waals surface area contributed by atoms with E-state index in [1.54, 1.807) is 0 Å². The number of esters is 2. The summed E-state index contributed by atoms with van der Waals surface area (Å²) in [5, 5.41) is 0. The van der Waals surface area contributed by atoms with E-state index < -0.39 is 5.41 Å². The van der Waals surface area contributed by atoms with Crippen LogP contribution in [0.25, 0.3) is 0 Å². The molecule has 0 amide bonds. The summed E-state index contributed by atoms with van der Waals surface area (Å²) in [6.45, 7) is 6.01. The Bertz CT molecular complexity index is 232. The third-order valence-electron chi connectivity index (χ3n) is 2.51. The lowest BCUT2D eigenvalue weighted by atomic mass is 9.82. The zero-order valence-electron chi connectivity index (χ0n) is 8.42. The predicted octanol–water partition coefficient (Wildman–Crippen LogP) is 1.90. The highest BCUT2D eigenvalue weighted by Crippen LogP contribution is 2.35. The molecule has 13 heavy (non-hydrogen) atoms. The van der Waals surface area contributed by atoms with E-state index in [-0.39, 0.29) is 18.4 Å². The molecule has 1 fully saturated rings. The number of rotatable bonds is 3. The highest BCUT2D eigenvalue weighted by Gasteiger charge is 2.44. The van der Waals surface area contributed by atoms with Crippen molar-refractivity contribution in [2.75, 3.05) is 0 Å². The van der Waals surface area contributed by atoms with Crippen molar-refractivity contribution in [2.24, 2.45) is 11.3 Å². The second-order valence-electron chi connectivity index (χ2n) is 4.43. The third-order valence-corrected chi connectivity index (χ3v) is 2.51. The Morgan fingerprint density at radius 2 is 2.08 bits per heavy atom. The molecule has 0 aromatic carbocycles. The fourth-order valence-corrected chi connectivity index (χ4v) is 1.45. The van der Waals surface area contributed by atoms with Gasteiger partial charge in [0.05, 0.1) is 11.8 Å². The van der Waals surface area contributed by atoms with E-state index >= 15 is 0 Å². The van der Waals surface area contributed by atoms with Crippen molar-refractivity contribution in [1.82, 2.24) is 0 Å². The predicted molar refractivity (Wildman–Crippen MR) is 47.9 cm³/mol. The summed E-state index contributed by atoms with van der Waals surface area (Å²) < 4.78 is 4.53. The molecule has 74 valence electrons. The van der Waals surface area contributed by atoms with E-state index in [0.29, 0.717) is 5.92 Å². The molecule has 0 saturated carbocycles. The van der Waals surface area contributed by atoms with E-state index in [0.717, 1.165) is 12.8 Å². The van der Waals surface area contributed by atoms with E-state index in [4.69, 9.17) is 0 Å². The van der Waals surface area contributed by atoms with Crippen LogP contribution in [0, 0.1) is 11.3 Å². The molecule has 1 rings (SSSR count). The second kappa shape index (κ2) is 3.48. The molecule has 1 unspecified atom stereocenters. The fraction of sp³-hybridized carbons (Fsp3) is 0.800. The SMILES string of the molecule is CC(C)CCC1(C)CC(=O)OC1=O. The van der Waals surface area contributed by atoms with Crippen molar-refractivity contribution in [3.63, 3.8) is 0 Å². The van der Waals surface area contributed by atoms with Crippen molar-refractivity contribution >= 4 is 11.9 Å². The molecule has 0 spiro atoms. The van der Waals surface area contributed by atoms with Crippen LogP contribution in [0.3, 0.4) is 0 Å². The Balaban J connectivity index is 2.55. The number of cyclic esters (lactones) is 2. The third kappa shape index (κ3) is 2.29. The maximum Gasteiger partial charge on any atom is 0.320 e. The Labute approximate surface area is 78.5 Å². The summed E-state index contributed by atoms with van der Waals surface area (Å²) >= 11 is 0. The number of carbonyl (C=O) groups excluding carboxylic acids is 2. The highest BCUT2D eigenvalue weighted by molar-refractivity contribution is 5.97. The molecule has 0 N–H and O–H groups in total. The van der Waals surface area contributed by atoms with Crippen molar-refractivity contribution in [3.05, 3.63) is 0 Å². The van der Waals surface area contributed by atoms with Gasteiger partial charge in [0.1, 0.15) is 0 Å². The van der Waals surface area contributed by atoms with Crippen LogP contribution in [0.1, 0.15) is 40.0 Å². The fourth-order valence-electron chi connectivity index (χ4n) is 1.45. The van der Waals surface area contributed by atoms with Crippen LogP contribution >= 0.6 is 0 Å². The average molecular weight is 184 g/mol. The van der Waals surface area contributed by atoms with Crippen LogP contribution < -0.4 is 0 Å². The topological polar surface area (TPSA) is 43.4 Å². The lowest BCUT2D eigenvalue weighted by Gasteiger charge is -2.18. The number of carbonyl (C=O) groups is 2. The molecule has 0 aliphatic carbocycles. The molecule has 0 bridgehead atoms. The zero-order chi connectivity index (χ0) is 10.1. The lowest BCUT2D eigenvalue weighted by molar-refractivity contribution is -0.155. The monoisotopic (exact) mass is 184 g/mol. The smallest absolute Gasteiger partial charge is 0.320 e. The molecule has 1 heterocycles. The highest BCUT2D eigenvalue weighted by atomic mass is 16.6. The van der Waals surface area contributed by atoms with Gasteiger partial charge in [0, 0.05) is 0 Å². The minimum Gasteiger partial charge on any atom is -0.393 e. The molecule has 3 nitrogen and oxygen atoms in total. The first-order valence-corrected chi connectivity index (χ1v) is 4.69. The molecule has 0 radical (unpaired) electrons. The van der Waals surface area contributed by atoms with Gasteiger partial charge in [0.25, 0.3) is 0 Å². The average Bonchev–Trinajstić information content (AvgIpc) is 2.23. The van der Waals surface area contributed by atoms with Crippen LogP contribution in [0.15, 0.2) is 0 Å². The van der Waals surface area contributed by atoms with E-state index in [1.807, 2.05) is 6.92 Å². The molecular formula is C10H16O3. The molecule has 0 aromatic heterocycles. The first kappa shape index (κ1) is 10.2. The largest absolute Gasteiger partial charge is 0.393 e. The van der Waals surface area contributed by atoms with Crippen LogP contribution in [-0.2, 0) is 14.3 Å². The van der Waals surface area contributed by atoms with Crippen LogP contribution in [0.5, 0.6) is 0 Å². The van der Waals surface area contributed by atoms with Gasteiger partial charge < -0.3 is 4.74 Å². The lowest BCUT2D eigenvalue weighted by Crippen LogP contribution is -2.22. The van der Waals surface area contributed by atoms with Gasteiger partial charge in [-0.2, -0.15) is 0 Å². The maximum absolute atomic E-state index is 11.3. The van der Waals surface area contributed by atoms with Gasteiger partial charge in [0.2, 0.25) is 0 Å². The van der Waals surface area contributed by atoms with E-state index in [9.17, 15) is 9.59 Å². The van der Waals surface area contributed by atoms with E-state index in [2.05, 4.69) is 18.6 Å². The Morgan fingerprint density at radius 1 is 1.46 bits per heavy atom. The number of hydrogen-bond donors (Lipinski definition) is 0. The van der Waals surface area contributed by atoms with Gasteiger partial charge >= 0.3 is 11.9 Å². The number of ether oxygens (including phenoxy) is 1. The molecule has 1 aliphatic heterocycles. The van der Waals surface area contributed by atoms with Gasteiger partial charge in [-0.3, -0.25) is 9.59 Å². The van der Waals surface area contributed by atoms with Gasteiger partial charge in [0.15, 0.2) is 0 Å². The Hall–Kier alpha value is -0.860. The van der Waals surface area contributed by atoms with Crippen LogP contribution in [-0.4, -0.2) is 11.9 Å². The molecular weight excluding hydrogens is 168 g/mol. The first-order valence-electron chi connectivity index (χ1n) is 4.69. The first-order chi connectivity index (χ1) is 5.94. The van der Waals surface area contributed by atoms with Gasteiger partial charge in [-0.05, 0) is 25.7 Å². The van der Waals surface area contributed by atoms with Crippen molar-refractivity contribution in [2.45, 2.75) is 40.0 Å². The quantitative estimate of drug-likeness (QED) is 0.497. The normalized spacial score (nSPS) is 28.3. The molecule has 1 saturated heterocycles. The zero-order valence-corrected chi connectivity index (χ0v) is 8.42. The molecule has 3 heteroatoms. The summed E-state index contributed by atoms with van der Waals surface area (Å²) in [5.74, 6) is -0.172.